The lowest BCUT2D eigenvalue weighted by Gasteiger charge is -2.45. The summed E-state index contributed by atoms with van der Waals surface area (Å²) < 4.78 is 12.1. The molecule has 1 fully saturated rings. The highest BCUT2D eigenvalue weighted by atomic mass is 16.6. The number of ketones is 1. The van der Waals surface area contributed by atoms with Crippen LogP contribution in [0.5, 0.6) is 11.5 Å². The fourth-order valence-corrected chi connectivity index (χ4v) is 8.69. The molecule has 0 amide bonds. The number of rotatable bonds is 4. The van der Waals surface area contributed by atoms with Crippen LogP contribution in [0.3, 0.4) is 0 Å². The first-order valence-corrected chi connectivity index (χ1v) is 18.6. The Morgan fingerprint density at radius 1 is 0.904 bits per heavy atom. The standard InChI is InChI=1S/C44H46O8/c1-2-16-44(50)36-14-15-38(46)34(21-36)18-28-8-3-6-27(17-28)7-4-11-33-20-31(30-10-5-9-29(19-30)26-45)12-13-32-24-42(48)51-40-25-39(47)35(22-37(32)40)23-41(44)52-43(33)49/h3,5-6,8-11,17,19,22,25,31-32,34,36,41,45,47,50H,2,4,7,14-16,18,20-21,23-24,26H2,1H3/t31-,32+,34-,36+,41+,44+/m0/s1. The summed E-state index contributed by atoms with van der Waals surface area (Å²) in [7, 11) is 0. The average Bonchev–Trinajstić information content (AvgIpc) is 3.13. The topological polar surface area (TPSA) is 130 Å². The van der Waals surface area contributed by atoms with Crippen molar-refractivity contribution in [2.75, 3.05) is 0 Å². The maximum absolute atomic E-state index is 14.6. The van der Waals surface area contributed by atoms with Crippen LogP contribution in [-0.2, 0) is 45.0 Å². The zero-order valence-electron chi connectivity index (χ0n) is 29.6. The van der Waals surface area contributed by atoms with E-state index in [-0.39, 0.29) is 55.0 Å². The van der Waals surface area contributed by atoms with Crippen molar-refractivity contribution >= 4 is 17.7 Å². The van der Waals surface area contributed by atoms with Crippen molar-refractivity contribution < 1.29 is 39.2 Å². The number of allylic oxidation sites excluding steroid dienone is 1. The highest BCUT2D eigenvalue weighted by Crippen LogP contribution is 2.45. The molecular weight excluding hydrogens is 656 g/mol. The molecule has 3 N–H and O–H groups in total. The van der Waals surface area contributed by atoms with Crippen molar-refractivity contribution in [2.24, 2.45) is 11.8 Å². The first-order chi connectivity index (χ1) is 25.1. The number of aliphatic hydroxyl groups excluding tert-OH is 1. The van der Waals surface area contributed by atoms with Crippen LogP contribution in [0, 0.1) is 23.7 Å². The van der Waals surface area contributed by atoms with Gasteiger partial charge in [-0.05, 0) is 84.7 Å². The number of phenolic OH excluding ortho intramolecular Hbond substituents is 1. The highest BCUT2D eigenvalue weighted by Gasteiger charge is 2.49. The molecule has 4 aliphatic rings. The molecule has 3 aromatic rings. The van der Waals surface area contributed by atoms with Crippen molar-refractivity contribution in [3.8, 4) is 23.3 Å². The number of ether oxygens (including phenoxy) is 2. The second-order valence-electron chi connectivity index (χ2n) is 15.0. The van der Waals surface area contributed by atoms with Gasteiger partial charge in [-0.2, -0.15) is 0 Å². The zero-order chi connectivity index (χ0) is 36.4. The molecular formula is C44H46O8. The van der Waals surface area contributed by atoms with E-state index >= 15 is 0 Å². The fraction of sp³-hybridized carbons (Fsp3) is 0.432. The van der Waals surface area contributed by atoms with Crippen LogP contribution in [0.4, 0.5) is 0 Å². The van der Waals surface area contributed by atoms with E-state index in [1.54, 1.807) is 6.07 Å². The van der Waals surface area contributed by atoms with Gasteiger partial charge >= 0.3 is 11.9 Å². The minimum atomic E-state index is -1.50. The molecule has 52 heavy (non-hydrogen) atoms. The molecule has 7 rings (SSSR count). The van der Waals surface area contributed by atoms with E-state index in [1.807, 2.05) is 43.3 Å². The molecule has 1 saturated carbocycles. The maximum atomic E-state index is 14.6. The summed E-state index contributed by atoms with van der Waals surface area (Å²) in [5.41, 5.74) is 3.71. The molecule has 3 aliphatic heterocycles. The first-order valence-electron chi connectivity index (χ1n) is 18.6. The van der Waals surface area contributed by atoms with Gasteiger partial charge in [-0.15, -0.1) is 0 Å². The lowest BCUT2D eigenvalue weighted by Crippen LogP contribution is -2.54. The van der Waals surface area contributed by atoms with Gasteiger partial charge in [0.2, 0.25) is 0 Å². The normalized spacial score (nSPS) is 27.6. The number of aliphatic hydroxyl groups is 2. The Kier molecular flexibility index (Phi) is 10.4. The maximum Gasteiger partial charge on any atom is 0.334 e. The lowest BCUT2D eigenvalue weighted by molar-refractivity contribution is -0.176. The van der Waals surface area contributed by atoms with Crippen molar-refractivity contribution in [2.45, 2.75) is 108 Å². The summed E-state index contributed by atoms with van der Waals surface area (Å²) in [5.74, 6) is 4.35. The number of hydrogen-bond donors (Lipinski definition) is 3. The molecule has 3 aromatic carbocycles. The summed E-state index contributed by atoms with van der Waals surface area (Å²) in [6.07, 6.45) is 5.06. The van der Waals surface area contributed by atoms with E-state index in [1.165, 1.54) is 6.07 Å². The smallest absolute Gasteiger partial charge is 0.334 e. The largest absolute Gasteiger partial charge is 0.508 e. The molecule has 0 radical (unpaired) electrons. The molecule has 270 valence electrons. The van der Waals surface area contributed by atoms with Crippen molar-refractivity contribution in [3.63, 3.8) is 0 Å². The summed E-state index contributed by atoms with van der Waals surface area (Å²) >= 11 is 0. The third-order valence-electron chi connectivity index (χ3n) is 11.5. The van der Waals surface area contributed by atoms with Gasteiger partial charge in [0.25, 0.3) is 0 Å². The van der Waals surface area contributed by atoms with Crippen LogP contribution in [0.25, 0.3) is 0 Å². The molecule has 0 spiro atoms. The van der Waals surface area contributed by atoms with Gasteiger partial charge in [-0.1, -0.05) is 79.8 Å². The van der Waals surface area contributed by atoms with Crippen molar-refractivity contribution in [1.82, 2.24) is 0 Å². The number of carbonyl (C=O) groups excluding carboxylic acids is 3. The van der Waals surface area contributed by atoms with Gasteiger partial charge in [-0.3, -0.25) is 9.59 Å². The predicted molar refractivity (Wildman–Crippen MR) is 194 cm³/mol. The van der Waals surface area contributed by atoms with Crippen molar-refractivity contribution in [3.05, 3.63) is 106 Å². The van der Waals surface area contributed by atoms with Crippen LogP contribution in [0.2, 0.25) is 0 Å². The Morgan fingerprint density at radius 2 is 1.71 bits per heavy atom. The molecule has 8 bridgehead atoms. The summed E-state index contributed by atoms with van der Waals surface area (Å²) in [5, 5.41) is 34.2. The molecule has 1 aliphatic carbocycles. The van der Waals surface area contributed by atoms with Gasteiger partial charge in [0.05, 0.1) is 18.9 Å². The van der Waals surface area contributed by atoms with Gasteiger partial charge in [0.1, 0.15) is 29.0 Å². The minimum absolute atomic E-state index is 0.0145. The Hall–Kier alpha value is -4.71. The van der Waals surface area contributed by atoms with E-state index in [9.17, 15) is 29.7 Å². The van der Waals surface area contributed by atoms with Crippen LogP contribution in [0.1, 0.15) is 104 Å². The number of esters is 2. The Balaban J connectivity index is 1.42. The van der Waals surface area contributed by atoms with Gasteiger partial charge in [-0.25, -0.2) is 4.79 Å². The summed E-state index contributed by atoms with van der Waals surface area (Å²) in [4.78, 5) is 40.7. The SMILES string of the molecule is CCC[C@@]1(O)[C@@H]2CCC(=O)[C@@H](Cc3cccc(c3)CCC=C3C[C@@H](c4cccc(CO)c4)C#C[C@@H]4CC(=O)Oc5cc(O)c(cc54)C[C@H]1OC3=O)C2. The number of hydrogen-bond acceptors (Lipinski definition) is 8. The number of Topliss-reactive ketones (excluding diaryl/α,β-unsaturated/α-hetero) is 1. The van der Waals surface area contributed by atoms with Crippen LogP contribution in [-0.4, -0.2) is 44.7 Å². The van der Waals surface area contributed by atoms with E-state index in [2.05, 4.69) is 30.0 Å². The van der Waals surface area contributed by atoms with Crippen LogP contribution >= 0.6 is 0 Å². The highest BCUT2D eigenvalue weighted by molar-refractivity contribution is 5.89. The van der Waals surface area contributed by atoms with Gasteiger partial charge in [0, 0.05) is 41.9 Å². The van der Waals surface area contributed by atoms with Gasteiger partial charge in [0.15, 0.2) is 0 Å². The summed E-state index contributed by atoms with van der Waals surface area (Å²) in [6.45, 7) is 1.83. The number of phenols is 1. The third kappa shape index (κ3) is 7.44. The minimum Gasteiger partial charge on any atom is -0.508 e. The second-order valence-corrected chi connectivity index (χ2v) is 15.0. The first kappa shape index (κ1) is 35.7. The Labute approximate surface area is 304 Å². The van der Waals surface area contributed by atoms with Crippen LogP contribution in [0.15, 0.2) is 72.3 Å². The molecule has 3 heterocycles. The number of benzene rings is 3. The molecule has 6 atom stereocenters. The number of aryl methyl sites for hydroxylation is 1. The second kappa shape index (κ2) is 15.1. The quantitative estimate of drug-likeness (QED) is 0.159. The zero-order valence-corrected chi connectivity index (χ0v) is 29.6. The average molecular weight is 703 g/mol. The third-order valence-corrected chi connectivity index (χ3v) is 11.5. The molecule has 0 unspecified atom stereocenters. The number of aromatic hydroxyl groups is 1. The Bertz CT molecular complexity index is 1970. The molecule has 0 aromatic heterocycles. The monoisotopic (exact) mass is 702 g/mol. The lowest BCUT2D eigenvalue weighted by atomic mass is 9.66. The molecule has 8 nitrogen and oxygen atoms in total. The van der Waals surface area contributed by atoms with E-state index in [4.69, 9.17) is 9.47 Å². The number of fused-ring (bicyclic) bond motifs is 8. The van der Waals surface area contributed by atoms with Crippen LogP contribution < -0.4 is 4.74 Å². The molecule has 8 heteroatoms. The van der Waals surface area contributed by atoms with E-state index in [0.717, 1.165) is 16.7 Å². The predicted octanol–water partition coefficient (Wildman–Crippen LogP) is 6.55. The molecule has 0 saturated heterocycles. The summed E-state index contributed by atoms with van der Waals surface area (Å²) in [6, 6.07) is 18.9. The Morgan fingerprint density at radius 3 is 2.54 bits per heavy atom. The van der Waals surface area contributed by atoms with E-state index in [0.29, 0.717) is 73.6 Å². The van der Waals surface area contributed by atoms with Gasteiger partial charge < -0.3 is 24.8 Å². The fourth-order valence-electron chi connectivity index (χ4n) is 8.69. The van der Waals surface area contributed by atoms with E-state index < -0.39 is 35.5 Å². The van der Waals surface area contributed by atoms with Crippen molar-refractivity contribution in [1.29, 1.82) is 0 Å². The number of carbonyl (C=O) groups is 3.